The van der Waals surface area contributed by atoms with Crippen LogP contribution in [0, 0.1) is 5.92 Å². The van der Waals surface area contributed by atoms with Crippen LogP contribution in [0.3, 0.4) is 0 Å². The second kappa shape index (κ2) is 8.04. The van der Waals surface area contributed by atoms with E-state index >= 15 is 0 Å². The van der Waals surface area contributed by atoms with Gasteiger partial charge in [0, 0.05) is 36.8 Å². The first kappa shape index (κ1) is 20.3. The van der Waals surface area contributed by atoms with Crippen LogP contribution in [0.5, 0.6) is 0 Å². The maximum absolute atomic E-state index is 13.0. The van der Waals surface area contributed by atoms with E-state index < -0.39 is 6.10 Å². The second-order valence-corrected chi connectivity index (χ2v) is 8.27. The summed E-state index contributed by atoms with van der Waals surface area (Å²) in [6.07, 6.45) is 4.45. The van der Waals surface area contributed by atoms with Crippen LogP contribution in [0.2, 0.25) is 0 Å². The van der Waals surface area contributed by atoms with Gasteiger partial charge in [-0.3, -0.25) is 9.78 Å². The van der Waals surface area contributed by atoms with Gasteiger partial charge in [-0.05, 0) is 24.1 Å². The van der Waals surface area contributed by atoms with E-state index in [1.54, 1.807) is 30.8 Å². The maximum Gasteiger partial charge on any atom is 0.274 e. The zero-order chi connectivity index (χ0) is 21.4. The Morgan fingerprint density at radius 2 is 2.13 bits per heavy atom. The van der Waals surface area contributed by atoms with Crippen molar-refractivity contribution < 1.29 is 14.3 Å². The van der Waals surface area contributed by atoms with Gasteiger partial charge in [-0.25, -0.2) is 4.98 Å². The average molecular weight is 409 g/mol. The first-order valence-corrected chi connectivity index (χ1v) is 10.2. The third-order valence-electron chi connectivity index (χ3n) is 5.65. The first-order valence-electron chi connectivity index (χ1n) is 10.2. The molecule has 1 saturated heterocycles. The summed E-state index contributed by atoms with van der Waals surface area (Å²) in [5.74, 6) is -0.0656. The van der Waals surface area contributed by atoms with Crippen LogP contribution in [-0.4, -0.2) is 46.2 Å². The van der Waals surface area contributed by atoms with Crippen LogP contribution in [-0.2, 0) is 0 Å². The van der Waals surface area contributed by atoms with Crippen LogP contribution < -0.4 is 16.0 Å². The predicted octanol–water partition coefficient (Wildman–Crippen LogP) is 2.74. The Hall–Kier alpha value is -2.97. The molecule has 1 aliphatic rings. The molecule has 3 atom stereocenters. The Bertz CT molecular complexity index is 1050. The quantitative estimate of drug-likeness (QED) is 0.606. The molecule has 8 heteroatoms. The Morgan fingerprint density at radius 3 is 2.87 bits per heavy atom. The SMILES string of the molecule is CC(C)c1coc2ccc(C(=O)Nc3cnccc3N3CC(C)C(O)C(N)C3)nc12. The van der Waals surface area contributed by atoms with Gasteiger partial charge < -0.3 is 25.5 Å². The molecule has 3 aromatic rings. The van der Waals surface area contributed by atoms with E-state index in [1.165, 1.54) is 0 Å². The highest BCUT2D eigenvalue weighted by Crippen LogP contribution is 2.30. The van der Waals surface area contributed by atoms with Gasteiger partial charge in [-0.15, -0.1) is 0 Å². The van der Waals surface area contributed by atoms with Crippen LogP contribution in [0.25, 0.3) is 11.1 Å². The molecule has 1 amide bonds. The minimum absolute atomic E-state index is 0.0186. The van der Waals surface area contributed by atoms with Crippen LogP contribution >= 0.6 is 0 Å². The summed E-state index contributed by atoms with van der Waals surface area (Å²) >= 11 is 0. The lowest BCUT2D eigenvalue weighted by molar-refractivity contribution is 0.0785. The van der Waals surface area contributed by atoms with Gasteiger partial charge in [-0.1, -0.05) is 20.8 Å². The normalized spacial score (nSPS) is 21.9. The number of piperidine rings is 1. The summed E-state index contributed by atoms with van der Waals surface area (Å²) in [4.78, 5) is 23.7. The molecule has 158 valence electrons. The number of aliphatic hydroxyl groups excluding tert-OH is 1. The fourth-order valence-corrected chi connectivity index (χ4v) is 3.92. The minimum atomic E-state index is -0.540. The summed E-state index contributed by atoms with van der Waals surface area (Å²) in [6, 6.07) is 4.90. The molecule has 0 aromatic carbocycles. The number of aromatic nitrogens is 2. The Labute approximate surface area is 175 Å². The number of rotatable bonds is 4. The molecule has 0 aliphatic carbocycles. The molecule has 4 rings (SSSR count). The van der Waals surface area contributed by atoms with Crippen LogP contribution in [0.15, 0.2) is 41.3 Å². The molecule has 0 saturated carbocycles. The van der Waals surface area contributed by atoms with Crippen molar-refractivity contribution in [1.82, 2.24) is 9.97 Å². The van der Waals surface area contributed by atoms with Crippen molar-refractivity contribution in [1.29, 1.82) is 0 Å². The number of hydrogen-bond donors (Lipinski definition) is 3. The predicted molar refractivity (Wildman–Crippen MR) is 116 cm³/mol. The number of carbonyl (C=O) groups excluding carboxylic acids is 1. The van der Waals surface area contributed by atoms with Crippen LogP contribution in [0.1, 0.15) is 42.7 Å². The zero-order valence-electron chi connectivity index (χ0n) is 17.4. The van der Waals surface area contributed by atoms with Crippen molar-refractivity contribution in [3.8, 4) is 0 Å². The molecule has 30 heavy (non-hydrogen) atoms. The summed E-state index contributed by atoms with van der Waals surface area (Å²) in [7, 11) is 0. The highest BCUT2D eigenvalue weighted by atomic mass is 16.3. The van der Waals surface area contributed by atoms with Crippen molar-refractivity contribution in [3.63, 3.8) is 0 Å². The molecule has 8 nitrogen and oxygen atoms in total. The van der Waals surface area contributed by atoms with E-state index in [2.05, 4.69) is 34.0 Å². The monoisotopic (exact) mass is 409 g/mol. The van der Waals surface area contributed by atoms with E-state index in [4.69, 9.17) is 10.2 Å². The Balaban J connectivity index is 1.60. The van der Waals surface area contributed by atoms with E-state index in [0.717, 1.165) is 11.3 Å². The lowest BCUT2D eigenvalue weighted by atomic mass is 9.92. The number of furan rings is 1. The number of nitrogens with one attached hydrogen (secondary N) is 1. The van der Waals surface area contributed by atoms with Crippen molar-refractivity contribution >= 4 is 28.4 Å². The van der Waals surface area contributed by atoms with Crippen molar-refractivity contribution in [3.05, 3.63) is 48.1 Å². The Kier molecular flexibility index (Phi) is 5.44. The average Bonchev–Trinajstić information content (AvgIpc) is 3.15. The van der Waals surface area contributed by atoms with Crippen molar-refractivity contribution in [2.24, 2.45) is 11.7 Å². The number of hydrogen-bond acceptors (Lipinski definition) is 7. The number of anilines is 2. The number of nitrogens with zero attached hydrogens (tertiary/aromatic N) is 3. The standard InChI is InChI=1S/C22H27N5O3/c1-12(2)14-11-30-19-5-4-16(25-20(14)19)22(29)26-17-8-24-7-6-18(17)27-9-13(3)21(28)15(23)10-27/h4-8,11-13,15,21,28H,9-10,23H2,1-3H3,(H,26,29). The van der Waals surface area contributed by atoms with E-state index in [9.17, 15) is 9.90 Å². The summed E-state index contributed by atoms with van der Waals surface area (Å²) in [6.45, 7) is 7.21. The number of fused-ring (bicyclic) bond motifs is 1. The third kappa shape index (κ3) is 3.76. The smallest absolute Gasteiger partial charge is 0.274 e. The largest absolute Gasteiger partial charge is 0.462 e. The van der Waals surface area contributed by atoms with Crippen molar-refractivity contribution in [2.45, 2.75) is 38.8 Å². The van der Waals surface area contributed by atoms with E-state index in [-0.39, 0.29) is 23.8 Å². The van der Waals surface area contributed by atoms with Gasteiger partial charge in [0.15, 0.2) is 5.58 Å². The Morgan fingerprint density at radius 1 is 1.33 bits per heavy atom. The number of pyridine rings is 2. The lowest BCUT2D eigenvalue weighted by Gasteiger charge is -2.40. The summed E-state index contributed by atoms with van der Waals surface area (Å²) in [5, 5.41) is 13.1. The van der Waals surface area contributed by atoms with Gasteiger partial charge in [0.25, 0.3) is 5.91 Å². The third-order valence-corrected chi connectivity index (χ3v) is 5.65. The van der Waals surface area contributed by atoms with Crippen LogP contribution in [0.4, 0.5) is 11.4 Å². The molecule has 3 unspecified atom stereocenters. The van der Waals surface area contributed by atoms with E-state index in [1.807, 2.05) is 13.0 Å². The number of aliphatic hydroxyl groups is 1. The van der Waals surface area contributed by atoms with Gasteiger partial charge in [0.05, 0.1) is 29.9 Å². The molecule has 4 N–H and O–H groups in total. The summed E-state index contributed by atoms with van der Waals surface area (Å²) < 4.78 is 5.55. The number of carbonyl (C=O) groups is 1. The number of nitrogens with two attached hydrogens (primary N) is 1. The molecule has 3 aromatic heterocycles. The molecule has 1 aliphatic heterocycles. The molecule has 0 spiro atoms. The number of amides is 1. The zero-order valence-corrected chi connectivity index (χ0v) is 17.4. The molecule has 0 bridgehead atoms. The minimum Gasteiger partial charge on any atom is -0.462 e. The van der Waals surface area contributed by atoms with Gasteiger partial charge in [0.2, 0.25) is 0 Å². The lowest BCUT2D eigenvalue weighted by Crippen LogP contribution is -2.55. The van der Waals surface area contributed by atoms with Gasteiger partial charge in [0.1, 0.15) is 11.2 Å². The maximum atomic E-state index is 13.0. The molecule has 0 radical (unpaired) electrons. The molecule has 1 fully saturated rings. The second-order valence-electron chi connectivity index (χ2n) is 8.27. The first-order chi connectivity index (χ1) is 14.3. The summed E-state index contributed by atoms with van der Waals surface area (Å²) in [5.41, 5.74) is 10.1. The fraction of sp³-hybridized carbons (Fsp3) is 0.409. The van der Waals surface area contributed by atoms with Gasteiger partial charge >= 0.3 is 0 Å². The van der Waals surface area contributed by atoms with E-state index in [0.29, 0.717) is 35.6 Å². The highest BCUT2D eigenvalue weighted by molar-refractivity contribution is 6.05. The molecular formula is C22H27N5O3. The van der Waals surface area contributed by atoms with Crippen molar-refractivity contribution in [2.75, 3.05) is 23.3 Å². The fourth-order valence-electron chi connectivity index (χ4n) is 3.92. The van der Waals surface area contributed by atoms with Gasteiger partial charge in [-0.2, -0.15) is 0 Å². The topological polar surface area (TPSA) is 118 Å². The highest BCUT2D eigenvalue weighted by Gasteiger charge is 2.32. The molecule has 4 heterocycles. The molecular weight excluding hydrogens is 382 g/mol.